The molecule has 0 aliphatic carbocycles. The molecule has 0 aromatic heterocycles. The topological polar surface area (TPSA) is 78.9 Å². The van der Waals surface area contributed by atoms with E-state index in [1.54, 1.807) is 0 Å². The molecular weight excluding hydrogens is 937 g/mol. The molecule has 0 fully saturated rings. The Morgan fingerprint density at radius 2 is 0.526 bits per heavy atom. The van der Waals surface area contributed by atoms with Crippen LogP contribution in [0, 0.1) is 0 Å². The van der Waals surface area contributed by atoms with Crippen LogP contribution in [0.4, 0.5) is 0 Å². The number of ether oxygens (including phenoxy) is 3. The lowest BCUT2D eigenvalue weighted by atomic mass is 10.0. The second-order valence-corrected chi connectivity index (χ2v) is 22.0. The van der Waals surface area contributed by atoms with Crippen LogP contribution < -0.4 is 0 Å². The van der Waals surface area contributed by atoms with Gasteiger partial charge in [-0.05, 0) is 83.5 Å². The number of rotatable bonds is 60. The number of hydrogen-bond donors (Lipinski definition) is 0. The molecule has 76 heavy (non-hydrogen) atoms. The van der Waals surface area contributed by atoms with Gasteiger partial charge in [0.15, 0.2) is 6.10 Å². The summed E-state index contributed by atoms with van der Waals surface area (Å²) in [6.45, 7) is 6.53. The van der Waals surface area contributed by atoms with Crippen molar-refractivity contribution in [2.24, 2.45) is 0 Å². The molecular formula is C70H124O6. The first-order chi connectivity index (χ1) is 37.5. The highest BCUT2D eigenvalue weighted by Crippen LogP contribution is 2.17. The van der Waals surface area contributed by atoms with E-state index in [9.17, 15) is 14.4 Å². The summed E-state index contributed by atoms with van der Waals surface area (Å²) in [6, 6.07) is 0. The lowest BCUT2D eigenvalue weighted by Crippen LogP contribution is -2.30. The first-order valence-electron chi connectivity index (χ1n) is 32.9. The summed E-state index contributed by atoms with van der Waals surface area (Å²) in [5, 5.41) is 0. The molecule has 1 atom stereocenters. The summed E-state index contributed by atoms with van der Waals surface area (Å²) in [5.74, 6) is -0.933. The van der Waals surface area contributed by atoms with Gasteiger partial charge in [0, 0.05) is 19.3 Å². The summed E-state index contributed by atoms with van der Waals surface area (Å²) in [6.07, 6.45) is 83.5. The molecule has 0 saturated carbocycles. The first kappa shape index (κ1) is 72.8. The van der Waals surface area contributed by atoms with Gasteiger partial charge in [-0.2, -0.15) is 0 Å². The van der Waals surface area contributed by atoms with Gasteiger partial charge in [-0.25, -0.2) is 0 Å². The standard InChI is InChI=1S/C70H124O6/c1-4-7-10-13-16-19-22-25-28-31-33-34-35-36-37-40-42-45-48-51-54-57-60-63-69(72)75-66-67(65-74-68(71)62-59-56-53-50-47-44-41-38-30-27-24-21-18-15-12-9-6-3)76-70(73)64-61-58-55-52-49-46-43-39-32-29-26-23-20-17-14-11-8-5-2/h9,12,18,21,27,30-31,33,41,44,50,53,67H,4-8,10-11,13-17,19-20,22-26,28-29,32,34-40,42-43,45-49,51-52,54-66H2,1-3H3/b12-9-,21-18-,30-27-,33-31-,44-41-,53-50-. The number of esters is 3. The first-order valence-corrected chi connectivity index (χ1v) is 32.9. The number of carbonyl (C=O) groups is 3. The van der Waals surface area contributed by atoms with Crippen LogP contribution in [-0.2, 0) is 28.6 Å². The van der Waals surface area contributed by atoms with Crippen molar-refractivity contribution >= 4 is 17.9 Å². The number of hydrogen-bond acceptors (Lipinski definition) is 6. The van der Waals surface area contributed by atoms with E-state index in [2.05, 4.69) is 93.7 Å². The molecule has 0 saturated heterocycles. The number of allylic oxidation sites excluding steroid dienone is 12. The average Bonchev–Trinajstić information content (AvgIpc) is 3.42. The minimum atomic E-state index is -0.798. The summed E-state index contributed by atoms with van der Waals surface area (Å²) in [5.41, 5.74) is 0. The molecule has 0 aromatic carbocycles. The Morgan fingerprint density at radius 1 is 0.276 bits per heavy atom. The molecule has 6 heteroatoms. The summed E-state index contributed by atoms with van der Waals surface area (Å²) in [7, 11) is 0. The van der Waals surface area contributed by atoms with Gasteiger partial charge in [0.05, 0.1) is 0 Å². The Hall–Kier alpha value is -3.15. The quantitative estimate of drug-likeness (QED) is 0.0261. The molecule has 0 heterocycles. The van der Waals surface area contributed by atoms with Crippen LogP contribution in [0.2, 0.25) is 0 Å². The average molecular weight is 1060 g/mol. The Bertz CT molecular complexity index is 1400. The van der Waals surface area contributed by atoms with Crippen LogP contribution in [-0.4, -0.2) is 37.2 Å². The third-order valence-corrected chi connectivity index (χ3v) is 14.4. The molecule has 0 N–H and O–H groups in total. The van der Waals surface area contributed by atoms with Crippen LogP contribution in [0.25, 0.3) is 0 Å². The fraction of sp³-hybridized carbons (Fsp3) is 0.786. The SMILES string of the molecule is CC/C=C\C/C=C\C/C=C\C/C=C\C/C=C\CCCC(=O)OCC(COC(=O)CCCCCCCCCCCCC/C=C\CCCCCCCCCC)OC(=O)CCCCCCCCCCCCCCCCCCCC. The highest BCUT2D eigenvalue weighted by atomic mass is 16.6. The molecule has 1 unspecified atom stereocenters. The van der Waals surface area contributed by atoms with Gasteiger partial charge in [0.1, 0.15) is 13.2 Å². The van der Waals surface area contributed by atoms with E-state index in [-0.39, 0.29) is 37.5 Å². The predicted octanol–water partition coefficient (Wildman–Crippen LogP) is 22.5. The highest BCUT2D eigenvalue weighted by Gasteiger charge is 2.19. The van der Waals surface area contributed by atoms with E-state index in [4.69, 9.17) is 14.2 Å². The van der Waals surface area contributed by atoms with Crippen LogP contribution in [0.15, 0.2) is 72.9 Å². The Morgan fingerprint density at radius 3 is 0.868 bits per heavy atom. The molecule has 0 radical (unpaired) electrons. The normalized spacial score (nSPS) is 12.5. The molecule has 0 rings (SSSR count). The van der Waals surface area contributed by atoms with Crippen molar-refractivity contribution in [2.75, 3.05) is 13.2 Å². The number of unbranched alkanes of at least 4 members (excludes halogenated alkanes) is 37. The van der Waals surface area contributed by atoms with Crippen LogP contribution >= 0.6 is 0 Å². The van der Waals surface area contributed by atoms with Gasteiger partial charge in [-0.1, -0.05) is 306 Å². The highest BCUT2D eigenvalue weighted by molar-refractivity contribution is 5.71. The largest absolute Gasteiger partial charge is 0.462 e. The molecule has 440 valence electrons. The smallest absolute Gasteiger partial charge is 0.306 e. The second-order valence-electron chi connectivity index (χ2n) is 22.0. The van der Waals surface area contributed by atoms with E-state index in [0.717, 1.165) is 77.0 Å². The van der Waals surface area contributed by atoms with Crippen molar-refractivity contribution in [3.8, 4) is 0 Å². The Balaban J connectivity index is 4.38. The van der Waals surface area contributed by atoms with Crippen molar-refractivity contribution < 1.29 is 28.6 Å². The van der Waals surface area contributed by atoms with Gasteiger partial charge in [0.25, 0.3) is 0 Å². The van der Waals surface area contributed by atoms with Gasteiger partial charge in [-0.3, -0.25) is 14.4 Å². The van der Waals surface area contributed by atoms with Gasteiger partial charge in [-0.15, -0.1) is 0 Å². The van der Waals surface area contributed by atoms with E-state index >= 15 is 0 Å². The Kier molecular flexibility index (Phi) is 61.7. The zero-order chi connectivity index (χ0) is 55.0. The van der Waals surface area contributed by atoms with Crippen LogP contribution in [0.1, 0.15) is 335 Å². The molecule has 0 amide bonds. The molecule has 0 spiro atoms. The minimum absolute atomic E-state index is 0.0902. The maximum Gasteiger partial charge on any atom is 0.306 e. The minimum Gasteiger partial charge on any atom is -0.462 e. The van der Waals surface area contributed by atoms with Crippen molar-refractivity contribution in [1.82, 2.24) is 0 Å². The fourth-order valence-corrected chi connectivity index (χ4v) is 9.54. The van der Waals surface area contributed by atoms with E-state index in [0.29, 0.717) is 19.3 Å². The van der Waals surface area contributed by atoms with Crippen molar-refractivity contribution in [3.63, 3.8) is 0 Å². The maximum atomic E-state index is 12.9. The van der Waals surface area contributed by atoms with E-state index in [1.165, 1.54) is 212 Å². The zero-order valence-electron chi connectivity index (χ0n) is 50.5. The molecule has 0 aliphatic heterocycles. The summed E-state index contributed by atoms with van der Waals surface area (Å²) in [4.78, 5) is 38.3. The van der Waals surface area contributed by atoms with Gasteiger partial charge in [0.2, 0.25) is 0 Å². The third kappa shape index (κ3) is 61.7. The Labute approximate surface area is 472 Å². The second kappa shape index (κ2) is 64.4. The van der Waals surface area contributed by atoms with E-state index < -0.39 is 6.10 Å². The zero-order valence-corrected chi connectivity index (χ0v) is 50.5. The fourth-order valence-electron chi connectivity index (χ4n) is 9.54. The van der Waals surface area contributed by atoms with Crippen molar-refractivity contribution in [2.45, 2.75) is 341 Å². The van der Waals surface area contributed by atoms with Crippen LogP contribution in [0.3, 0.4) is 0 Å². The predicted molar refractivity (Wildman–Crippen MR) is 330 cm³/mol. The monoisotopic (exact) mass is 1060 g/mol. The van der Waals surface area contributed by atoms with Crippen LogP contribution in [0.5, 0.6) is 0 Å². The molecule has 0 aromatic rings. The maximum absolute atomic E-state index is 12.9. The molecule has 0 aliphatic rings. The molecule has 6 nitrogen and oxygen atoms in total. The third-order valence-electron chi connectivity index (χ3n) is 14.4. The van der Waals surface area contributed by atoms with E-state index in [1.807, 2.05) is 0 Å². The van der Waals surface area contributed by atoms with Gasteiger partial charge >= 0.3 is 17.9 Å². The van der Waals surface area contributed by atoms with Crippen molar-refractivity contribution in [1.29, 1.82) is 0 Å². The molecule has 0 bridgehead atoms. The van der Waals surface area contributed by atoms with Gasteiger partial charge < -0.3 is 14.2 Å². The van der Waals surface area contributed by atoms with Crippen molar-refractivity contribution in [3.05, 3.63) is 72.9 Å². The summed E-state index contributed by atoms with van der Waals surface area (Å²) < 4.78 is 16.9. The lowest BCUT2D eigenvalue weighted by molar-refractivity contribution is -0.167. The number of carbonyl (C=O) groups excluding carboxylic acids is 3. The summed E-state index contributed by atoms with van der Waals surface area (Å²) >= 11 is 0. The lowest BCUT2D eigenvalue weighted by Gasteiger charge is -2.18.